The Hall–Kier alpha value is -7.31. The number of carboxylic acid groups (broad SMARTS) is 1. The van der Waals surface area contributed by atoms with Crippen molar-refractivity contribution in [2.75, 3.05) is 17.7 Å². The SMILES string of the molecule is COC(=O)c1ccc2cccc(NCc3c(O)c(Cl)cc4c(-c5ccccc5C(=O)O)c5ccc(=O)c(CNc6cccc7ccc(C(C)=O)nc67)c-5oc34)c2n1. The summed E-state index contributed by atoms with van der Waals surface area (Å²) >= 11 is 6.72. The van der Waals surface area contributed by atoms with Crippen LogP contribution in [0.5, 0.6) is 5.75 Å². The van der Waals surface area contributed by atoms with Crippen LogP contribution in [0.1, 0.15) is 49.4 Å². The number of ketones is 1. The number of pyridine rings is 2. The lowest BCUT2D eigenvalue weighted by Gasteiger charge is -2.21. The molecule has 2 aliphatic rings. The van der Waals surface area contributed by atoms with Crippen LogP contribution in [0.2, 0.25) is 5.02 Å². The molecule has 0 unspecified atom stereocenters. The van der Waals surface area contributed by atoms with Gasteiger partial charge in [0.2, 0.25) is 0 Å². The molecular formula is C44H31ClN4O8. The molecule has 0 spiro atoms. The van der Waals surface area contributed by atoms with Crippen molar-refractivity contribution < 1.29 is 33.8 Å². The monoisotopic (exact) mass is 778 g/mol. The number of ether oxygens (including phenoxy) is 1. The third-order valence-corrected chi connectivity index (χ3v) is 10.1. The Bertz CT molecular complexity index is 3000. The number of methoxy groups -OCH3 is 1. The molecule has 0 amide bonds. The van der Waals surface area contributed by atoms with Crippen LogP contribution in [-0.2, 0) is 17.8 Å². The van der Waals surface area contributed by atoms with Gasteiger partial charge in [0.1, 0.15) is 28.5 Å². The molecule has 0 saturated carbocycles. The normalized spacial score (nSPS) is 11.3. The summed E-state index contributed by atoms with van der Waals surface area (Å²) in [6.07, 6.45) is 0. The first-order valence-corrected chi connectivity index (χ1v) is 18.0. The molecular weight excluding hydrogens is 748 g/mol. The first kappa shape index (κ1) is 36.7. The summed E-state index contributed by atoms with van der Waals surface area (Å²) in [5.74, 6) is -2.14. The third-order valence-electron chi connectivity index (χ3n) is 9.80. The molecule has 4 N–H and O–H groups in total. The first-order valence-electron chi connectivity index (χ1n) is 17.7. The summed E-state index contributed by atoms with van der Waals surface area (Å²) < 4.78 is 11.5. The van der Waals surface area contributed by atoms with E-state index in [-0.39, 0.29) is 74.5 Å². The second-order valence-corrected chi connectivity index (χ2v) is 13.6. The van der Waals surface area contributed by atoms with Crippen molar-refractivity contribution in [2.24, 2.45) is 0 Å². The molecule has 13 heteroatoms. The number of para-hydroxylation sites is 2. The van der Waals surface area contributed by atoms with Crippen molar-refractivity contribution in [1.29, 1.82) is 0 Å². The molecule has 4 aromatic carbocycles. The molecule has 1 aliphatic heterocycles. The number of halogens is 1. The number of esters is 1. The number of phenolic OH excluding ortho intramolecular Hbond substituents is 1. The van der Waals surface area contributed by atoms with Crippen molar-refractivity contribution in [3.63, 3.8) is 0 Å². The van der Waals surface area contributed by atoms with Gasteiger partial charge < -0.3 is 30.0 Å². The van der Waals surface area contributed by atoms with Crippen LogP contribution < -0.4 is 16.1 Å². The van der Waals surface area contributed by atoms with Crippen molar-refractivity contribution >= 4 is 73.5 Å². The van der Waals surface area contributed by atoms with Gasteiger partial charge >= 0.3 is 11.9 Å². The van der Waals surface area contributed by atoms with Crippen molar-refractivity contribution in [2.45, 2.75) is 20.0 Å². The lowest BCUT2D eigenvalue weighted by Crippen LogP contribution is -2.15. The van der Waals surface area contributed by atoms with Gasteiger partial charge in [0, 0.05) is 47.3 Å². The van der Waals surface area contributed by atoms with Gasteiger partial charge in [-0.1, -0.05) is 66.2 Å². The minimum atomic E-state index is -1.18. The van der Waals surface area contributed by atoms with E-state index in [1.54, 1.807) is 66.7 Å². The van der Waals surface area contributed by atoms with Crippen molar-refractivity contribution in [1.82, 2.24) is 9.97 Å². The average molecular weight is 779 g/mol. The summed E-state index contributed by atoms with van der Waals surface area (Å²) in [6.45, 7) is 1.31. The summed E-state index contributed by atoms with van der Waals surface area (Å²) in [5, 5.41) is 30.3. The van der Waals surface area contributed by atoms with E-state index in [9.17, 15) is 29.4 Å². The van der Waals surface area contributed by atoms with Crippen LogP contribution in [0.15, 0.2) is 112 Å². The Morgan fingerprint density at radius 3 is 2.05 bits per heavy atom. The Morgan fingerprint density at radius 2 is 1.40 bits per heavy atom. The molecule has 282 valence electrons. The molecule has 0 radical (unpaired) electrons. The molecule has 8 rings (SSSR count). The zero-order valence-electron chi connectivity index (χ0n) is 30.3. The molecule has 2 aromatic heterocycles. The molecule has 3 heterocycles. The maximum Gasteiger partial charge on any atom is 0.356 e. The summed E-state index contributed by atoms with van der Waals surface area (Å²) in [5.41, 5.74) is 3.84. The van der Waals surface area contributed by atoms with Crippen LogP contribution in [0.4, 0.5) is 11.4 Å². The molecule has 1 aliphatic carbocycles. The zero-order chi connectivity index (χ0) is 40.0. The highest BCUT2D eigenvalue weighted by Crippen LogP contribution is 2.47. The van der Waals surface area contributed by atoms with Crippen molar-refractivity contribution in [3.8, 4) is 28.2 Å². The van der Waals surface area contributed by atoms with E-state index in [1.165, 1.54) is 32.2 Å². The number of fused-ring (bicyclic) bond motifs is 4. The number of aromatic carboxylic acids is 1. The van der Waals surface area contributed by atoms with E-state index in [0.29, 0.717) is 44.5 Å². The number of anilines is 2. The van der Waals surface area contributed by atoms with Gasteiger partial charge in [0.05, 0.1) is 51.2 Å². The largest absolute Gasteiger partial charge is 0.506 e. The van der Waals surface area contributed by atoms with E-state index in [0.717, 1.165) is 10.8 Å². The number of hydrogen-bond acceptors (Lipinski definition) is 11. The molecule has 57 heavy (non-hydrogen) atoms. The van der Waals surface area contributed by atoms with Gasteiger partial charge in [-0.2, -0.15) is 0 Å². The number of nitrogens with one attached hydrogen (secondary N) is 2. The Kier molecular flexibility index (Phi) is 9.48. The number of aromatic hydroxyl groups is 1. The van der Waals surface area contributed by atoms with Gasteiger partial charge in [0.15, 0.2) is 11.2 Å². The molecule has 0 atom stereocenters. The van der Waals surface area contributed by atoms with Crippen LogP contribution >= 0.6 is 11.6 Å². The number of carbonyl (C=O) groups excluding carboxylic acids is 2. The number of benzene rings is 5. The van der Waals surface area contributed by atoms with Crippen LogP contribution in [0, 0.1) is 0 Å². The maximum absolute atomic E-state index is 13.8. The molecule has 0 fully saturated rings. The summed E-state index contributed by atoms with van der Waals surface area (Å²) in [4.78, 5) is 60.0. The maximum atomic E-state index is 13.8. The van der Waals surface area contributed by atoms with Crippen molar-refractivity contribution in [3.05, 3.63) is 146 Å². The standard InChI is InChI=1S/C44H31ClN4O8/c1-22(50)32-16-13-23-7-5-11-33(38(23)48-32)46-20-29-36(51)18-15-27-37(25-9-3-4-10-26(25)43(53)54)28-19-31(45)40(52)30(42(28)57-41(27)29)21-47-34-12-6-8-24-14-17-35(44(55)56-2)49-39(24)34/h3-19,46-47,52H,20-21H2,1-2H3,(H,53,54). The minimum Gasteiger partial charge on any atom is -0.506 e. The minimum absolute atomic E-state index is 0.00704. The lowest BCUT2D eigenvalue weighted by molar-refractivity contribution is 0.0593. The van der Waals surface area contributed by atoms with Gasteiger partial charge in [-0.05, 0) is 54.1 Å². The highest BCUT2D eigenvalue weighted by atomic mass is 35.5. The smallest absolute Gasteiger partial charge is 0.356 e. The fourth-order valence-electron chi connectivity index (χ4n) is 7.02. The quantitative estimate of drug-likeness (QED) is 0.0589. The number of rotatable bonds is 10. The summed E-state index contributed by atoms with van der Waals surface area (Å²) in [6, 6.07) is 28.6. The number of carboxylic acids is 1. The molecule has 6 aromatic rings. The van der Waals surface area contributed by atoms with Gasteiger partial charge in [-0.3, -0.25) is 9.59 Å². The zero-order valence-corrected chi connectivity index (χ0v) is 31.1. The van der Waals surface area contributed by atoms with E-state index in [2.05, 4.69) is 20.6 Å². The molecule has 0 bridgehead atoms. The number of nitrogens with zero attached hydrogens (tertiary/aromatic N) is 2. The fraction of sp³-hybridized carbons (Fsp3) is 0.0909. The highest BCUT2D eigenvalue weighted by Gasteiger charge is 2.28. The molecule has 12 nitrogen and oxygen atoms in total. The van der Waals surface area contributed by atoms with Gasteiger partial charge in [0.25, 0.3) is 0 Å². The second kappa shape index (κ2) is 14.7. The summed E-state index contributed by atoms with van der Waals surface area (Å²) in [7, 11) is 1.27. The lowest BCUT2D eigenvalue weighted by atomic mass is 9.88. The third kappa shape index (κ3) is 6.61. The van der Waals surface area contributed by atoms with Crippen LogP contribution in [0.25, 0.3) is 55.2 Å². The van der Waals surface area contributed by atoms with E-state index in [1.807, 2.05) is 18.2 Å². The Labute approximate surface area is 328 Å². The average Bonchev–Trinajstić information content (AvgIpc) is 3.22. The van der Waals surface area contributed by atoms with Crippen LogP contribution in [-0.4, -0.2) is 45.0 Å². The predicted molar refractivity (Wildman–Crippen MR) is 218 cm³/mol. The highest BCUT2D eigenvalue weighted by molar-refractivity contribution is 6.33. The van der Waals surface area contributed by atoms with E-state index >= 15 is 0 Å². The van der Waals surface area contributed by atoms with Gasteiger partial charge in [-0.25, -0.2) is 19.6 Å². The number of carbonyl (C=O) groups is 3. The number of hydrogen-bond donors (Lipinski definition) is 4. The van der Waals surface area contributed by atoms with E-state index in [4.69, 9.17) is 20.8 Å². The topological polar surface area (TPSA) is 181 Å². The predicted octanol–water partition coefficient (Wildman–Crippen LogP) is 8.93. The second-order valence-electron chi connectivity index (χ2n) is 13.2. The number of aromatic nitrogens is 2. The number of Topliss-reactive ketones (excluding diaryl/α,β-unsaturated/α-hetero) is 1. The Morgan fingerprint density at radius 1 is 0.772 bits per heavy atom. The number of phenols is 1. The van der Waals surface area contributed by atoms with Crippen LogP contribution in [0.3, 0.4) is 0 Å². The molecule has 0 saturated heterocycles. The van der Waals surface area contributed by atoms with Gasteiger partial charge in [-0.15, -0.1) is 0 Å². The fourth-order valence-corrected chi connectivity index (χ4v) is 7.24. The van der Waals surface area contributed by atoms with E-state index < -0.39 is 11.9 Å². The Balaban J connectivity index is 1.33. The first-order chi connectivity index (χ1) is 27.5.